The zero-order valence-corrected chi connectivity index (χ0v) is 10.9. The fourth-order valence-corrected chi connectivity index (χ4v) is 2.66. The highest BCUT2D eigenvalue weighted by molar-refractivity contribution is 4.58. The SMILES string of the molecule is [O]C1CCCCCCCCCCCCCC1. The first kappa shape index (κ1) is 14.0. The van der Waals surface area contributed by atoms with Crippen molar-refractivity contribution >= 4 is 0 Å². The Morgan fingerprint density at radius 2 is 0.688 bits per heavy atom. The summed E-state index contributed by atoms with van der Waals surface area (Å²) in [6.45, 7) is 0. The monoisotopic (exact) mass is 225 g/mol. The summed E-state index contributed by atoms with van der Waals surface area (Å²) in [5, 5.41) is 11.6. The lowest BCUT2D eigenvalue weighted by atomic mass is 10.0. The lowest BCUT2D eigenvalue weighted by molar-refractivity contribution is 0.0689. The number of hydrogen-bond acceptors (Lipinski definition) is 0. The highest BCUT2D eigenvalue weighted by Gasteiger charge is 2.05. The van der Waals surface area contributed by atoms with E-state index in [9.17, 15) is 5.11 Å². The summed E-state index contributed by atoms with van der Waals surface area (Å²) in [6.07, 6.45) is 17.7. The molecule has 16 heavy (non-hydrogen) atoms. The molecule has 95 valence electrons. The smallest absolute Gasteiger partial charge is 0.0930 e. The van der Waals surface area contributed by atoms with Crippen LogP contribution in [0.15, 0.2) is 0 Å². The van der Waals surface area contributed by atoms with Crippen LogP contribution in [0.4, 0.5) is 0 Å². The average Bonchev–Trinajstić information content (AvgIpc) is 2.29. The van der Waals surface area contributed by atoms with Crippen molar-refractivity contribution in [3.8, 4) is 0 Å². The molecule has 1 aliphatic carbocycles. The van der Waals surface area contributed by atoms with Gasteiger partial charge in [-0.3, -0.25) is 0 Å². The van der Waals surface area contributed by atoms with Gasteiger partial charge < -0.3 is 0 Å². The lowest BCUT2D eigenvalue weighted by Gasteiger charge is -2.07. The zero-order chi connectivity index (χ0) is 11.5. The van der Waals surface area contributed by atoms with Crippen LogP contribution in [0, 0.1) is 0 Å². The standard InChI is InChI=1S/C15H29O/c16-15-13-11-9-7-5-3-1-2-4-6-8-10-12-14-15/h15H,1-14H2. The molecule has 1 saturated carbocycles. The zero-order valence-electron chi connectivity index (χ0n) is 10.9. The third-order valence-corrected chi connectivity index (χ3v) is 3.80. The molecule has 0 N–H and O–H groups in total. The molecule has 0 aliphatic heterocycles. The van der Waals surface area contributed by atoms with Crippen LogP contribution in [0.2, 0.25) is 0 Å². The van der Waals surface area contributed by atoms with Crippen LogP contribution >= 0.6 is 0 Å². The normalized spacial score (nSPS) is 24.6. The third kappa shape index (κ3) is 8.15. The molecule has 0 unspecified atom stereocenters. The summed E-state index contributed by atoms with van der Waals surface area (Å²) in [7, 11) is 0. The van der Waals surface area contributed by atoms with Crippen molar-refractivity contribution in [2.45, 2.75) is 96.0 Å². The van der Waals surface area contributed by atoms with Crippen LogP contribution in [0.1, 0.15) is 89.9 Å². The van der Waals surface area contributed by atoms with Gasteiger partial charge >= 0.3 is 0 Å². The van der Waals surface area contributed by atoms with Crippen molar-refractivity contribution < 1.29 is 5.11 Å². The average molecular weight is 225 g/mol. The Labute approximate surface area is 102 Å². The minimum absolute atomic E-state index is 0.259. The third-order valence-electron chi connectivity index (χ3n) is 3.80. The van der Waals surface area contributed by atoms with Crippen molar-refractivity contribution in [3.05, 3.63) is 0 Å². The lowest BCUT2D eigenvalue weighted by Crippen LogP contribution is -2.03. The molecule has 0 saturated heterocycles. The van der Waals surface area contributed by atoms with Crippen molar-refractivity contribution in [1.82, 2.24) is 0 Å². The van der Waals surface area contributed by atoms with Gasteiger partial charge in [0, 0.05) is 0 Å². The Hall–Kier alpha value is -0.0400. The van der Waals surface area contributed by atoms with Crippen LogP contribution in [-0.2, 0) is 5.11 Å². The molecule has 0 atom stereocenters. The van der Waals surface area contributed by atoms with Crippen molar-refractivity contribution in [3.63, 3.8) is 0 Å². The Morgan fingerprint density at radius 1 is 0.438 bits per heavy atom. The highest BCUT2D eigenvalue weighted by Crippen LogP contribution is 2.16. The van der Waals surface area contributed by atoms with E-state index in [1.165, 1.54) is 77.0 Å². The summed E-state index contributed by atoms with van der Waals surface area (Å²) in [4.78, 5) is 0. The first-order valence-electron chi connectivity index (χ1n) is 7.55. The summed E-state index contributed by atoms with van der Waals surface area (Å²) in [6, 6.07) is 0. The summed E-state index contributed by atoms with van der Waals surface area (Å²) in [5.41, 5.74) is 0. The molecule has 0 heterocycles. The van der Waals surface area contributed by atoms with E-state index in [1.807, 2.05) is 0 Å². The van der Waals surface area contributed by atoms with Crippen molar-refractivity contribution in [2.24, 2.45) is 0 Å². The minimum Gasteiger partial charge on any atom is -0.233 e. The largest absolute Gasteiger partial charge is 0.233 e. The van der Waals surface area contributed by atoms with E-state index >= 15 is 0 Å². The van der Waals surface area contributed by atoms with E-state index in [0.29, 0.717) is 0 Å². The van der Waals surface area contributed by atoms with E-state index in [-0.39, 0.29) is 6.10 Å². The van der Waals surface area contributed by atoms with Crippen LogP contribution < -0.4 is 0 Å². The van der Waals surface area contributed by atoms with Gasteiger partial charge in [0.1, 0.15) is 0 Å². The van der Waals surface area contributed by atoms with Crippen LogP contribution in [0.5, 0.6) is 0 Å². The minimum atomic E-state index is -0.259. The first-order valence-corrected chi connectivity index (χ1v) is 7.55. The van der Waals surface area contributed by atoms with E-state index in [2.05, 4.69) is 0 Å². The van der Waals surface area contributed by atoms with Crippen molar-refractivity contribution in [2.75, 3.05) is 0 Å². The van der Waals surface area contributed by atoms with E-state index < -0.39 is 0 Å². The molecule has 1 rings (SSSR count). The molecule has 1 heteroatoms. The van der Waals surface area contributed by atoms with Gasteiger partial charge in [-0.2, -0.15) is 0 Å². The molecular formula is C15H29O. The molecule has 1 nitrogen and oxygen atoms in total. The molecule has 0 amide bonds. The first-order chi connectivity index (χ1) is 7.89. The van der Waals surface area contributed by atoms with Gasteiger partial charge in [0.15, 0.2) is 0 Å². The quantitative estimate of drug-likeness (QED) is 0.536. The molecule has 1 aliphatic rings. The molecule has 0 spiro atoms. The molecule has 1 fully saturated rings. The fraction of sp³-hybridized carbons (Fsp3) is 1.00. The van der Waals surface area contributed by atoms with Gasteiger partial charge in [-0.1, -0.05) is 77.0 Å². The van der Waals surface area contributed by atoms with Gasteiger partial charge in [0.25, 0.3) is 0 Å². The molecule has 0 aromatic carbocycles. The summed E-state index contributed by atoms with van der Waals surface area (Å²) >= 11 is 0. The van der Waals surface area contributed by atoms with Gasteiger partial charge in [-0.25, -0.2) is 5.11 Å². The maximum atomic E-state index is 11.6. The second-order valence-corrected chi connectivity index (χ2v) is 5.44. The van der Waals surface area contributed by atoms with Gasteiger partial charge in [-0.15, -0.1) is 0 Å². The molecule has 1 radical (unpaired) electrons. The second-order valence-electron chi connectivity index (χ2n) is 5.44. The molecule has 0 aromatic rings. The van der Waals surface area contributed by atoms with Gasteiger partial charge in [0.05, 0.1) is 6.10 Å². The maximum Gasteiger partial charge on any atom is 0.0930 e. The number of rotatable bonds is 0. The fourth-order valence-electron chi connectivity index (χ4n) is 2.66. The Balaban J connectivity index is 2.10. The molecule has 0 bridgehead atoms. The van der Waals surface area contributed by atoms with Gasteiger partial charge in [-0.05, 0) is 12.8 Å². The van der Waals surface area contributed by atoms with E-state index in [4.69, 9.17) is 0 Å². The highest BCUT2D eigenvalue weighted by atomic mass is 16.3. The summed E-state index contributed by atoms with van der Waals surface area (Å²) < 4.78 is 0. The second kappa shape index (κ2) is 10.1. The maximum absolute atomic E-state index is 11.6. The Morgan fingerprint density at radius 3 is 1.00 bits per heavy atom. The van der Waals surface area contributed by atoms with E-state index in [1.54, 1.807) is 0 Å². The van der Waals surface area contributed by atoms with Crippen LogP contribution in [0.3, 0.4) is 0 Å². The topological polar surface area (TPSA) is 19.9 Å². The predicted octanol–water partition coefficient (Wildman–Crippen LogP) is 5.26. The van der Waals surface area contributed by atoms with Crippen molar-refractivity contribution in [1.29, 1.82) is 0 Å². The Bertz CT molecular complexity index is 128. The van der Waals surface area contributed by atoms with Crippen LogP contribution in [0.25, 0.3) is 0 Å². The molecule has 0 aromatic heterocycles. The van der Waals surface area contributed by atoms with Crippen LogP contribution in [-0.4, -0.2) is 6.10 Å². The predicted molar refractivity (Wildman–Crippen MR) is 69.1 cm³/mol. The number of hydrogen-bond donors (Lipinski definition) is 0. The Kier molecular flexibility index (Phi) is 8.88. The van der Waals surface area contributed by atoms with Gasteiger partial charge in [0.2, 0.25) is 0 Å². The molecular weight excluding hydrogens is 196 g/mol. The van der Waals surface area contributed by atoms with E-state index in [0.717, 1.165) is 12.8 Å². The summed E-state index contributed by atoms with van der Waals surface area (Å²) in [5.74, 6) is 0.